The van der Waals surface area contributed by atoms with Crippen molar-refractivity contribution in [3.63, 3.8) is 0 Å². The van der Waals surface area contributed by atoms with Crippen LogP contribution in [0.4, 0.5) is 5.69 Å². The smallest absolute Gasteiger partial charge is 0.338 e. The normalized spacial score (nSPS) is 10.5. The van der Waals surface area contributed by atoms with E-state index in [1.165, 1.54) is 16.8 Å². The van der Waals surface area contributed by atoms with Gasteiger partial charge in [-0.05, 0) is 43.3 Å². The van der Waals surface area contributed by atoms with Crippen molar-refractivity contribution in [2.75, 3.05) is 11.9 Å². The van der Waals surface area contributed by atoms with Crippen molar-refractivity contribution in [2.45, 2.75) is 6.92 Å². The Balaban J connectivity index is 1.72. The van der Waals surface area contributed by atoms with Crippen molar-refractivity contribution in [2.24, 2.45) is 7.05 Å². The van der Waals surface area contributed by atoms with Crippen molar-refractivity contribution >= 4 is 29.2 Å². The molecule has 1 heterocycles. The number of carbonyl (C=O) groups is 2. The number of rotatable bonds is 5. The van der Waals surface area contributed by atoms with E-state index in [1.54, 1.807) is 42.9 Å². The molecule has 0 aliphatic carbocycles. The van der Waals surface area contributed by atoms with Crippen LogP contribution >= 0.6 is 11.6 Å². The average molecular weight is 400 g/mol. The van der Waals surface area contributed by atoms with Crippen molar-refractivity contribution in [3.05, 3.63) is 81.2 Å². The molecule has 2 aromatic carbocycles. The Kier molecular flexibility index (Phi) is 5.65. The molecule has 0 aliphatic heterocycles. The highest BCUT2D eigenvalue weighted by atomic mass is 35.5. The van der Waals surface area contributed by atoms with Gasteiger partial charge in [0.1, 0.15) is 5.69 Å². The molecule has 0 radical (unpaired) electrons. The van der Waals surface area contributed by atoms with E-state index in [4.69, 9.17) is 16.3 Å². The van der Waals surface area contributed by atoms with E-state index in [1.807, 2.05) is 18.2 Å². The minimum absolute atomic E-state index is 0.138. The van der Waals surface area contributed by atoms with Gasteiger partial charge in [0.25, 0.3) is 11.5 Å². The lowest BCUT2D eigenvalue weighted by molar-refractivity contribution is -0.119. The quantitative estimate of drug-likeness (QED) is 0.669. The summed E-state index contributed by atoms with van der Waals surface area (Å²) in [5.41, 5.74) is 1.29. The highest BCUT2D eigenvalue weighted by Gasteiger charge is 2.19. The first kappa shape index (κ1) is 19.4. The van der Waals surface area contributed by atoms with Crippen LogP contribution in [0.15, 0.2) is 59.4 Å². The number of carbonyl (C=O) groups excluding carboxylic acids is 2. The zero-order valence-corrected chi connectivity index (χ0v) is 16.1. The van der Waals surface area contributed by atoms with Gasteiger partial charge in [0, 0.05) is 12.1 Å². The molecule has 0 aliphatic rings. The van der Waals surface area contributed by atoms with Crippen molar-refractivity contribution in [1.29, 1.82) is 0 Å². The van der Waals surface area contributed by atoms with Gasteiger partial charge >= 0.3 is 5.97 Å². The molecule has 0 saturated heterocycles. The molecule has 0 atom stereocenters. The van der Waals surface area contributed by atoms with Crippen LogP contribution in [0.1, 0.15) is 16.1 Å². The number of nitrogens with zero attached hydrogens (tertiary/aromatic N) is 2. The summed E-state index contributed by atoms with van der Waals surface area (Å²) < 4.78 is 8.09. The number of hydrogen-bond acceptors (Lipinski definition) is 4. The van der Waals surface area contributed by atoms with Crippen LogP contribution in [0.25, 0.3) is 5.69 Å². The number of para-hydroxylation sites is 1. The van der Waals surface area contributed by atoms with Gasteiger partial charge in [0.2, 0.25) is 0 Å². The topological polar surface area (TPSA) is 82.3 Å². The molecule has 0 spiro atoms. The fourth-order valence-corrected chi connectivity index (χ4v) is 2.81. The molecule has 7 nitrogen and oxygen atoms in total. The maximum atomic E-state index is 12.7. The summed E-state index contributed by atoms with van der Waals surface area (Å²) in [4.78, 5) is 36.9. The summed E-state index contributed by atoms with van der Waals surface area (Å²) in [5.74, 6) is -1.26. The van der Waals surface area contributed by atoms with Gasteiger partial charge in [0.05, 0.1) is 16.9 Å². The molecule has 3 aromatic rings. The molecule has 1 aromatic heterocycles. The summed E-state index contributed by atoms with van der Waals surface area (Å²) in [7, 11) is 1.72. The number of ether oxygens (including phenoxy) is 1. The van der Waals surface area contributed by atoms with E-state index in [0.29, 0.717) is 16.4 Å². The number of anilines is 1. The second kappa shape index (κ2) is 8.14. The van der Waals surface area contributed by atoms with E-state index in [-0.39, 0.29) is 16.8 Å². The molecule has 1 N–H and O–H groups in total. The van der Waals surface area contributed by atoms with Gasteiger partial charge in [-0.15, -0.1) is 0 Å². The predicted octanol–water partition coefficient (Wildman–Crippen LogP) is 2.93. The summed E-state index contributed by atoms with van der Waals surface area (Å²) in [5, 5.41) is 3.02. The lowest BCUT2D eigenvalue weighted by Crippen LogP contribution is -2.25. The van der Waals surface area contributed by atoms with Crippen LogP contribution in [-0.4, -0.2) is 27.8 Å². The van der Waals surface area contributed by atoms with Crippen molar-refractivity contribution in [1.82, 2.24) is 9.36 Å². The molecule has 0 fully saturated rings. The molecular formula is C20H18ClN3O4. The number of nitrogens with one attached hydrogen (secondary N) is 1. The maximum absolute atomic E-state index is 12.7. The van der Waals surface area contributed by atoms with E-state index >= 15 is 0 Å². The van der Waals surface area contributed by atoms with E-state index in [2.05, 4.69) is 5.32 Å². The lowest BCUT2D eigenvalue weighted by Gasteiger charge is -2.07. The monoisotopic (exact) mass is 399 g/mol. The minimum Gasteiger partial charge on any atom is -0.452 e. The summed E-state index contributed by atoms with van der Waals surface area (Å²) in [6, 6.07) is 15.2. The highest BCUT2D eigenvalue weighted by Crippen LogP contribution is 2.14. The first-order valence-corrected chi connectivity index (χ1v) is 8.83. The van der Waals surface area contributed by atoms with Crippen molar-refractivity contribution in [3.8, 4) is 5.69 Å². The van der Waals surface area contributed by atoms with Crippen LogP contribution < -0.4 is 10.9 Å². The van der Waals surface area contributed by atoms with Crippen LogP contribution in [-0.2, 0) is 16.6 Å². The van der Waals surface area contributed by atoms with Gasteiger partial charge in [-0.3, -0.25) is 14.3 Å². The molecule has 28 heavy (non-hydrogen) atoms. The van der Waals surface area contributed by atoms with Gasteiger partial charge in [-0.2, -0.15) is 0 Å². The second-order valence-corrected chi connectivity index (χ2v) is 6.50. The number of amides is 1. The number of benzene rings is 2. The Morgan fingerprint density at radius 2 is 1.71 bits per heavy atom. The van der Waals surface area contributed by atoms with Gasteiger partial charge < -0.3 is 10.1 Å². The second-order valence-electron chi connectivity index (χ2n) is 6.07. The van der Waals surface area contributed by atoms with Crippen LogP contribution in [0.5, 0.6) is 0 Å². The fourth-order valence-electron chi connectivity index (χ4n) is 2.69. The third-order valence-electron chi connectivity index (χ3n) is 4.23. The van der Waals surface area contributed by atoms with Gasteiger partial charge in [0.15, 0.2) is 6.61 Å². The molecule has 0 bridgehead atoms. The third-order valence-corrected chi connectivity index (χ3v) is 4.48. The molecule has 3 rings (SSSR count). The average Bonchev–Trinajstić information content (AvgIpc) is 2.90. The zero-order valence-electron chi connectivity index (χ0n) is 15.3. The van der Waals surface area contributed by atoms with Gasteiger partial charge in [-0.1, -0.05) is 29.8 Å². The van der Waals surface area contributed by atoms with Crippen molar-refractivity contribution < 1.29 is 14.3 Å². The van der Waals surface area contributed by atoms with Crippen LogP contribution in [0, 0.1) is 6.92 Å². The molecular weight excluding hydrogens is 382 g/mol. The molecule has 8 heteroatoms. The largest absolute Gasteiger partial charge is 0.452 e. The minimum atomic E-state index is -0.654. The SMILES string of the molecule is Cc1c(NC(=O)COC(=O)c2ccc(Cl)cc2)c(=O)n(-c2ccccc2)n1C. The first-order chi connectivity index (χ1) is 13.4. The predicted molar refractivity (Wildman–Crippen MR) is 106 cm³/mol. The van der Waals surface area contributed by atoms with Crippen LogP contribution in [0.3, 0.4) is 0 Å². The zero-order chi connectivity index (χ0) is 20.3. The lowest BCUT2D eigenvalue weighted by atomic mass is 10.2. The number of aromatic nitrogens is 2. The Labute approximate surface area is 166 Å². The van der Waals surface area contributed by atoms with E-state index in [0.717, 1.165) is 0 Å². The molecule has 0 saturated carbocycles. The Morgan fingerprint density at radius 3 is 2.36 bits per heavy atom. The molecule has 0 unspecified atom stereocenters. The Bertz CT molecular complexity index is 1070. The summed E-state index contributed by atoms with van der Waals surface area (Å²) >= 11 is 5.77. The molecule has 144 valence electrons. The molecule has 1 amide bonds. The standard InChI is InChI=1S/C20H18ClN3O4/c1-13-18(19(26)24(23(13)2)16-6-4-3-5-7-16)22-17(25)12-28-20(27)14-8-10-15(21)11-9-14/h3-11H,12H2,1-2H3,(H,22,25). The van der Waals surface area contributed by atoms with E-state index in [9.17, 15) is 14.4 Å². The Hall–Kier alpha value is -3.32. The van der Waals surface area contributed by atoms with E-state index < -0.39 is 18.5 Å². The van der Waals surface area contributed by atoms with Crippen LogP contribution in [0.2, 0.25) is 5.02 Å². The summed E-state index contributed by atoms with van der Waals surface area (Å²) in [6.45, 7) is 1.21. The first-order valence-electron chi connectivity index (χ1n) is 8.45. The third kappa shape index (κ3) is 3.99. The number of hydrogen-bond donors (Lipinski definition) is 1. The number of esters is 1. The summed E-state index contributed by atoms with van der Waals surface area (Å²) in [6.07, 6.45) is 0. The number of halogens is 1. The van der Waals surface area contributed by atoms with Gasteiger partial charge in [-0.25, -0.2) is 9.48 Å². The maximum Gasteiger partial charge on any atom is 0.338 e. The fraction of sp³-hybridized carbons (Fsp3) is 0.150. The highest BCUT2D eigenvalue weighted by molar-refractivity contribution is 6.30. The Morgan fingerprint density at radius 1 is 1.07 bits per heavy atom.